The Kier molecular flexibility index (Phi) is 3.84. The number of rotatable bonds is 3. The summed E-state index contributed by atoms with van der Waals surface area (Å²) in [6.07, 6.45) is -5.02. The van der Waals surface area contributed by atoms with Crippen molar-refractivity contribution in [2.24, 2.45) is 0 Å². The third kappa shape index (κ3) is 2.67. The normalized spacial score (nSPS) is 11.4. The summed E-state index contributed by atoms with van der Waals surface area (Å²) in [4.78, 5) is 18.9. The second kappa shape index (κ2) is 4.88. The molecule has 0 amide bonds. The number of nitrogens with zero attached hydrogens (tertiary/aromatic N) is 2. The van der Waals surface area contributed by atoms with Gasteiger partial charge in [-0.05, 0) is 0 Å². The van der Waals surface area contributed by atoms with Crippen LogP contribution >= 0.6 is 11.6 Å². The summed E-state index contributed by atoms with van der Waals surface area (Å²) in [5.41, 5.74) is -0.627. The lowest BCUT2D eigenvalue weighted by molar-refractivity contribution is -0.393. The van der Waals surface area contributed by atoms with Crippen LogP contribution in [0.3, 0.4) is 0 Å². The first-order valence-corrected chi connectivity index (χ1v) is 5.02. The van der Waals surface area contributed by atoms with Crippen molar-refractivity contribution < 1.29 is 23.0 Å². The van der Waals surface area contributed by atoms with Crippen LogP contribution in [0, 0.1) is 20.2 Å². The zero-order valence-electron chi connectivity index (χ0n) is 8.90. The van der Waals surface area contributed by atoms with E-state index in [4.69, 9.17) is 17.3 Å². The summed E-state index contributed by atoms with van der Waals surface area (Å²) in [7, 11) is 0. The largest absolute Gasteiger partial charge is 0.417 e. The third-order valence-electron chi connectivity index (χ3n) is 2.24. The lowest BCUT2D eigenvalue weighted by atomic mass is 10.0. The number of hydrogen-bond acceptors (Lipinski definition) is 5. The van der Waals surface area contributed by atoms with Gasteiger partial charge in [-0.1, -0.05) is 0 Å². The molecule has 0 saturated carbocycles. The molecule has 104 valence electrons. The van der Waals surface area contributed by atoms with Gasteiger partial charge in [-0.3, -0.25) is 20.2 Å². The first-order chi connectivity index (χ1) is 8.61. The van der Waals surface area contributed by atoms with Crippen molar-refractivity contribution in [2.45, 2.75) is 12.1 Å². The van der Waals surface area contributed by atoms with Crippen molar-refractivity contribution in [3.8, 4) is 0 Å². The fourth-order valence-corrected chi connectivity index (χ4v) is 1.73. The van der Waals surface area contributed by atoms with Gasteiger partial charge in [0.1, 0.15) is 0 Å². The summed E-state index contributed by atoms with van der Waals surface area (Å²) in [5, 5.41) is 21.3. The van der Waals surface area contributed by atoms with Gasteiger partial charge in [0.25, 0.3) is 5.69 Å². The Morgan fingerprint density at radius 2 is 1.79 bits per heavy atom. The van der Waals surface area contributed by atoms with Crippen LogP contribution in [0.1, 0.15) is 11.1 Å². The van der Waals surface area contributed by atoms with E-state index in [2.05, 4.69) is 0 Å². The molecule has 0 atom stereocenters. The first-order valence-electron chi connectivity index (χ1n) is 4.48. The Morgan fingerprint density at radius 1 is 1.26 bits per heavy atom. The molecule has 1 aromatic rings. The number of halogens is 4. The lowest BCUT2D eigenvalue weighted by Gasteiger charge is -2.12. The molecule has 7 nitrogen and oxygen atoms in total. The molecule has 0 bridgehead atoms. The average molecular weight is 300 g/mol. The number of alkyl halides is 4. The Bertz CT molecular complexity index is 561. The molecule has 0 heterocycles. The quantitative estimate of drug-likeness (QED) is 0.399. The molecule has 0 fully saturated rings. The van der Waals surface area contributed by atoms with Gasteiger partial charge in [0.15, 0.2) is 5.69 Å². The van der Waals surface area contributed by atoms with Crippen LogP contribution in [-0.4, -0.2) is 9.85 Å². The number of nitro benzene ring substituents is 2. The Hall–Kier alpha value is -2.10. The molecule has 0 aliphatic heterocycles. The molecule has 1 rings (SSSR count). The second-order valence-corrected chi connectivity index (χ2v) is 3.60. The molecule has 0 aliphatic carbocycles. The minimum absolute atomic E-state index is 0.139. The van der Waals surface area contributed by atoms with E-state index >= 15 is 0 Å². The highest BCUT2D eigenvalue weighted by molar-refractivity contribution is 6.17. The molecule has 0 spiro atoms. The number of benzene rings is 1. The number of nitrogen functional groups attached to an aromatic ring is 1. The van der Waals surface area contributed by atoms with Gasteiger partial charge in [0.05, 0.1) is 26.9 Å². The highest BCUT2D eigenvalue weighted by Crippen LogP contribution is 2.44. The van der Waals surface area contributed by atoms with E-state index in [0.717, 1.165) is 0 Å². The molecular weight excluding hydrogens is 295 g/mol. The first kappa shape index (κ1) is 15.0. The maximum Gasteiger partial charge on any atom is 0.417 e. The van der Waals surface area contributed by atoms with Crippen LogP contribution in [0.2, 0.25) is 0 Å². The van der Waals surface area contributed by atoms with E-state index in [1.807, 2.05) is 0 Å². The molecule has 0 aliphatic rings. The molecule has 0 radical (unpaired) electrons. The van der Waals surface area contributed by atoms with Crippen LogP contribution < -0.4 is 5.73 Å². The highest BCUT2D eigenvalue weighted by atomic mass is 35.5. The molecule has 0 aromatic heterocycles. The Balaban J connectivity index is 3.84. The number of hydrogen-bond donors (Lipinski definition) is 1. The standard InChI is InChI=1S/C8H5ClF3N3O4/c9-2-3-4(8(10,11)12)1-5(14(16)17)6(13)7(3)15(18)19/h1H,2,13H2. The van der Waals surface area contributed by atoms with Gasteiger partial charge < -0.3 is 5.73 Å². The van der Waals surface area contributed by atoms with Gasteiger partial charge in [-0.15, -0.1) is 11.6 Å². The van der Waals surface area contributed by atoms with E-state index in [1.54, 1.807) is 0 Å². The SMILES string of the molecule is Nc1c([N+](=O)[O-])cc(C(F)(F)F)c(CCl)c1[N+](=O)[O-]. The van der Waals surface area contributed by atoms with Gasteiger partial charge in [-0.2, -0.15) is 13.2 Å². The fourth-order valence-electron chi connectivity index (χ4n) is 1.46. The minimum atomic E-state index is -5.02. The summed E-state index contributed by atoms with van der Waals surface area (Å²) in [6.45, 7) is 0. The molecule has 2 N–H and O–H groups in total. The molecule has 0 saturated heterocycles. The maximum absolute atomic E-state index is 12.7. The van der Waals surface area contributed by atoms with Crippen LogP contribution in [0.5, 0.6) is 0 Å². The maximum atomic E-state index is 12.7. The molecule has 19 heavy (non-hydrogen) atoms. The van der Waals surface area contributed by atoms with Gasteiger partial charge in [0.2, 0.25) is 0 Å². The number of nitro groups is 2. The van der Waals surface area contributed by atoms with Crippen molar-refractivity contribution in [3.05, 3.63) is 37.4 Å². The molecule has 0 unspecified atom stereocenters. The van der Waals surface area contributed by atoms with E-state index < -0.39 is 50.1 Å². The number of nitrogens with two attached hydrogens (primary N) is 1. The fraction of sp³-hybridized carbons (Fsp3) is 0.250. The zero-order chi connectivity index (χ0) is 15.0. The van der Waals surface area contributed by atoms with Crippen LogP contribution in [0.15, 0.2) is 6.07 Å². The predicted molar refractivity (Wildman–Crippen MR) is 58.7 cm³/mol. The van der Waals surface area contributed by atoms with Crippen molar-refractivity contribution in [1.82, 2.24) is 0 Å². The summed E-state index contributed by atoms with van der Waals surface area (Å²) in [5.74, 6) is -0.854. The Morgan fingerprint density at radius 3 is 2.11 bits per heavy atom. The van der Waals surface area contributed by atoms with Crippen molar-refractivity contribution in [3.63, 3.8) is 0 Å². The smallest absolute Gasteiger partial charge is 0.387 e. The van der Waals surface area contributed by atoms with Crippen molar-refractivity contribution in [2.75, 3.05) is 5.73 Å². The summed E-state index contributed by atoms with van der Waals surface area (Å²) in [6, 6.07) is 0.139. The summed E-state index contributed by atoms with van der Waals surface area (Å²) >= 11 is 5.26. The van der Waals surface area contributed by atoms with Crippen LogP contribution in [0.25, 0.3) is 0 Å². The van der Waals surface area contributed by atoms with E-state index in [0.29, 0.717) is 0 Å². The molecule has 11 heteroatoms. The van der Waals surface area contributed by atoms with Gasteiger partial charge in [0, 0.05) is 6.07 Å². The third-order valence-corrected chi connectivity index (χ3v) is 2.51. The van der Waals surface area contributed by atoms with Crippen LogP contribution in [-0.2, 0) is 12.1 Å². The lowest BCUT2D eigenvalue weighted by Crippen LogP contribution is -2.13. The summed E-state index contributed by atoms with van der Waals surface area (Å²) < 4.78 is 38.1. The van der Waals surface area contributed by atoms with Gasteiger partial charge >= 0.3 is 11.9 Å². The van der Waals surface area contributed by atoms with Crippen LogP contribution in [0.4, 0.5) is 30.2 Å². The topological polar surface area (TPSA) is 112 Å². The average Bonchev–Trinajstić information content (AvgIpc) is 2.25. The van der Waals surface area contributed by atoms with Gasteiger partial charge in [-0.25, -0.2) is 0 Å². The Labute approximate surface area is 108 Å². The van der Waals surface area contributed by atoms with Crippen molar-refractivity contribution >= 4 is 28.7 Å². The van der Waals surface area contributed by atoms with E-state index in [1.165, 1.54) is 0 Å². The molecule has 1 aromatic carbocycles. The second-order valence-electron chi connectivity index (χ2n) is 3.33. The zero-order valence-corrected chi connectivity index (χ0v) is 9.66. The monoisotopic (exact) mass is 299 g/mol. The highest BCUT2D eigenvalue weighted by Gasteiger charge is 2.41. The minimum Gasteiger partial charge on any atom is -0.387 e. The number of anilines is 1. The predicted octanol–water partition coefficient (Wildman–Crippen LogP) is 2.84. The molecular formula is C8H5ClF3N3O4. The van der Waals surface area contributed by atoms with E-state index in [9.17, 15) is 33.4 Å². The van der Waals surface area contributed by atoms with E-state index in [-0.39, 0.29) is 6.07 Å². The van der Waals surface area contributed by atoms with Crippen molar-refractivity contribution in [1.29, 1.82) is 0 Å².